The van der Waals surface area contributed by atoms with Crippen molar-refractivity contribution in [3.8, 4) is 0 Å². The van der Waals surface area contributed by atoms with Gasteiger partial charge in [-0.25, -0.2) is 8.42 Å². The summed E-state index contributed by atoms with van der Waals surface area (Å²) in [6.07, 6.45) is 5.61. The smallest absolute Gasteiger partial charge is 0.231 e. The van der Waals surface area contributed by atoms with Crippen LogP contribution in [-0.2, 0) is 14.6 Å². The summed E-state index contributed by atoms with van der Waals surface area (Å²) in [7, 11) is -1.71. The number of methoxy groups -OCH3 is 1. The molecule has 5 rings (SSSR count). The molecule has 0 bridgehead atoms. The van der Waals surface area contributed by atoms with Crippen LogP contribution in [0.4, 0.5) is 23.1 Å². The number of hydrogen-bond acceptors (Lipinski definition) is 9. The maximum Gasteiger partial charge on any atom is 0.231 e. The molecular weight excluding hydrogens is 430 g/mol. The van der Waals surface area contributed by atoms with Gasteiger partial charge in [0.25, 0.3) is 0 Å². The molecule has 0 unspecified atom stereocenters. The van der Waals surface area contributed by atoms with Crippen molar-refractivity contribution in [1.29, 1.82) is 0 Å². The zero-order valence-electron chi connectivity index (χ0n) is 18.1. The van der Waals surface area contributed by atoms with Crippen LogP contribution in [0.2, 0.25) is 0 Å². The first kappa shape index (κ1) is 21.0. The summed E-state index contributed by atoms with van der Waals surface area (Å²) in [4.78, 5) is 11.4. The minimum absolute atomic E-state index is 0.0313. The van der Waals surface area contributed by atoms with Crippen molar-refractivity contribution < 1.29 is 13.2 Å². The number of ether oxygens (including phenoxy) is 1. The lowest BCUT2D eigenvalue weighted by Crippen LogP contribution is -2.36. The molecule has 1 aromatic carbocycles. The van der Waals surface area contributed by atoms with Crippen molar-refractivity contribution in [1.82, 2.24) is 20.2 Å². The van der Waals surface area contributed by atoms with E-state index < -0.39 is 9.84 Å². The Morgan fingerprint density at radius 3 is 2.44 bits per heavy atom. The monoisotopic (exact) mass is 457 g/mol. The minimum atomic E-state index is -3.49. The van der Waals surface area contributed by atoms with Crippen LogP contribution in [0.3, 0.4) is 0 Å². The maximum atomic E-state index is 12.2. The van der Waals surface area contributed by atoms with Crippen LogP contribution >= 0.6 is 0 Å². The van der Waals surface area contributed by atoms with Gasteiger partial charge >= 0.3 is 0 Å². The molecule has 32 heavy (non-hydrogen) atoms. The summed E-state index contributed by atoms with van der Waals surface area (Å²) in [5.41, 5.74) is 2.32. The number of sulfone groups is 1. The highest BCUT2D eigenvalue weighted by atomic mass is 32.2. The SMILES string of the molecule is COC1CCN(c2ccc(Nc3nc(NC4CC4)c4c(S(C)(=O)=O)[nH]nc4n3)cc2)CC1. The Bertz CT molecular complexity index is 1210. The summed E-state index contributed by atoms with van der Waals surface area (Å²) >= 11 is 0. The first-order chi connectivity index (χ1) is 15.4. The standard InChI is InChI=1S/C21H27N7O3S/c1-31-16-9-11-28(12-10-16)15-7-5-14(6-8-15)23-21-24-18(22-13-3-4-13)17-19(25-21)26-27-20(17)32(2,29)30/h5-8,13,16H,3-4,9-12H2,1-2H3,(H3,22,23,24,25,26,27). The summed E-state index contributed by atoms with van der Waals surface area (Å²) in [6, 6.07) is 8.43. The van der Waals surface area contributed by atoms with Gasteiger partial charge in [-0.1, -0.05) is 0 Å². The predicted molar refractivity (Wildman–Crippen MR) is 123 cm³/mol. The second-order valence-corrected chi connectivity index (χ2v) is 10.4. The molecule has 1 aliphatic heterocycles. The largest absolute Gasteiger partial charge is 0.381 e. The van der Waals surface area contributed by atoms with Crippen molar-refractivity contribution >= 4 is 44.0 Å². The number of aromatic amines is 1. The topological polar surface area (TPSA) is 125 Å². The Morgan fingerprint density at radius 2 is 1.81 bits per heavy atom. The fraction of sp³-hybridized carbons (Fsp3) is 0.476. The van der Waals surface area contributed by atoms with E-state index in [9.17, 15) is 8.42 Å². The number of anilines is 4. The second-order valence-electron chi connectivity index (χ2n) is 8.43. The molecule has 2 fully saturated rings. The van der Waals surface area contributed by atoms with Gasteiger partial charge in [-0.05, 0) is 49.9 Å². The van der Waals surface area contributed by atoms with E-state index in [1.54, 1.807) is 7.11 Å². The van der Waals surface area contributed by atoms with Gasteiger partial charge in [0.15, 0.2) is 20.5 Å². The first-order valence-electron chi connectivity index (χ1n) is 10.8. The Hall–Kier alpha value is -2.92. The van der Waals surface area contributed by atoms with Gasteiger partial charge in [-0.15, -0.1) is 0 Å². The van der Waals surface area contributed by atoms with E-state index in [-0.39, 0.29) is 5.03 Å². The summed E-state index contributed by atoms with van der Waals surface area (Å²) in [6.45, 7) is 1.95. The average Bonchev–Trinajstić information content (AvgIpc) is 3.48. The quantitative estimate of drug-likeness (QED) is 0.491. The highest BCUT2D eigenvalue weighted by molar-refractivity contribution is 7.90. The fourth-order valence-electron chi connectivity index (χ4n) is 3.98. The molecule has 10 nitrogen and oxygen atoms in total. The number of rotatable bonds is 7. The van der Waals surface area contributed by atoms with Crippen LogP contribution in [0.25, 0.3) is 11.0 Å². The van der Waals surface area contributed by atoms with E-state index in [0.29, 0.717) is 34.9 Å². The lowest BCUT2D eigenvalue weighted by molar-refractivity contribution is 0.0819. The Kier molecular flexibility index (Phi) is 5.38. The van der Waals surface area contributed by atoms with Crippen LogP contribution in [0, 0.1) is 0 Å². The van der Waals surface area contributed by atoms with Crippen LogP contribution < -0.4 is 15.5 Å². The van der Waals surface area contributed by atoms with E-state index >= 15 is 0 Å². The third-order valence-electron chi connectivity index (χ3n) is 5.93. The number of aromatic nitrogens is 4. The molecule has 1 aliphatic carbocycles. The van der Waals surface area contributed by atoms with Gasteiger partial charge < -0.3 is 20.3 Å². The zero-order valence-corrected chi connectivity index (χ0v) is 18.9. The normalized spacial score (nSPS) is 17.6. The molecular formula is C21H27N7O3S. The summed E-state index contributed by atoms with van der Waals surface area (Å²) in [5.74, 6) is 0.840. The average molecular weight is 458 g/mol. The van der Waals surface area contributed by atoms with Crippen molar-refractivity contribution in [2.24, 2.45) is 0 Å². The molecule has 170 valence electrons. The number of piperidine rings is 1. The van der Waals surface area contributed by atoms with E-state index in [1.807, 2.05) is 12.1 Å². The van der Waals surface area contributed by atoms with Gasteiger partial charge in [0.2, 0.25) is 5.95 Å². The molecule has 2 aromatic heterocycles. The molecule has 11 heteroatoms. The molecule has 0 spiro atoms. The zero-order chi connectivity index (χ0) is 22.3. The van der Waals surface area contributed by atoms with Crippen molar-refractivity contribution in [2.45, 2.75) is 42.9 Å². The fourth-order valence-corrected chi connectivity index (χ4v) is 4.75. The molecule has 0 amide bonds. The first-order valence-corrected chi connectivity index (χ1v) is 12.7. The molecule has 1 saturated carbocycles. The van der Waals surface area contributed by atoms with Gasteiger partial charge in [-0.3, -0.25) is 5.10 Å². The van der Waals surface area contributed by atoms with Crippen LogP contribution in [-0.4, -0.2) is 67.2 Å². The number of H-pyrrole nitrogens is 1. The lowest BCUT2D eigenvalue weighted by atomic mass is 10.1. The highest BCUT2D eigenvalue weighted by Gasteiger charge is 2.27. The van der Waals surface area contributed by atoms with Crippen LogP contribution in [0.1, 0.15) is 25.7 Å². The lowest BCUT2D eigenvalue weighted by Gasteiger charge is -2.33. The van der Waals surface area contributed by atoms with Crippen molar-refractivity contribution in [3.05, 3.63) is 24.3 Å². The number of benzene rings is 1. The minimum Gasteiger partial charge on any atom is -0.381 e. The van der Waals surface area contributed by atoms with Crippen LogP contribution in [0.15, 0.2) is 29.3 Å². The summed E-state index contributed by atoms with van der Waals surface area (Å²) < 4.78 is 29.8. The van der Waals surface area contributed by atoms with Crippen LogP contribution in [0.5, 0.6) is 0 Å². The molecule has 1 saturated heterocycles. The summed E-state index contributed by atoms with van der Waals surface area (Å²) in [5, 5.41) is 13.7. The number of nitrogens with one attached hydrogen (secondary N) is 3. The van der Waals surface area contributed by atoms with Crippen molar-refractivity contribution in [3.63, 3.8) is 0 Å². The third kappa shape index (κ3) is 4.35. The van der Waals surface area contributed by atoms with Gasteiger partial charge in [0, 0.05) is 43.9 Å². The van der Waals surface area contributed by atoms with Gasteiger partial charge in [0.05, 0.1) is 6.10 Å². The number of nitrogens with zero attached hydrogens (tertiary/aromatic N) is 4. The van der Waals surface area contributed by atoms with Gasteiger partial charge in [-0.2, -0.15) is 15.1 Å². The van der Waals surface area contributed by atoms with Crippen molar-refractivity contribution in [2.75, 3.05) is 42.0 Å². The molecule has 3 N–H and O–H groups in total. The molecule has 3 heterocycles. The maximum absolute atomic E-state index is 12.2. The van der Waals surface area contributed by atoms with E-state index in [0.717, 1.165) is 50.7 Å². The van der Waals surface area contributed by atoms with E-state index in [1.165, 1.54) is 5.69 Å². The number of hydrogen-bond donors (Lipinski definition) is 3. The molecule has 3 aromatic rings. The molecule has 2 aliphatic rings. The van der Waals surface area contributed by atoms with E-state index in [2.05, 4.69) is 47.8 Å². The molecule has 0 atom stereocenters. The predicted octanol–water partition coefficient (Wildman–Crippen LogP) is 2.69. The Labute approximate surface area is 186 Å². The van der Waals surface area contributed by atoms with E-state index in [4.69, 9.17) is 4.74 Å². The third-order valence-corrected chi connectivity index (χ3v) is 6.97. The highest BCUT2D eigenvalue weighted by Crippen LogP contribution is 2.32. The molecule has 0 radical (unpaired) electrons. The Balaban J connectivity index is 1.38. The van der Waals surface area contributed by atoms with Gasteiger partial charge in [0.1, 0.15) is 11.2 Å². The number of fused-ring (bicyclic) bond motifs is 1. The Morgan fingerprint density at radius 1 is 1.09 bits per heavy atom. The second kappa shape index (κ2) is 8.21.